The summed E-state index contributed by atoms with van der Waals surface area (Å²) in [6.45, 7) is 5.75. The van der Waals surface area contributed by atoms with E-state index in [1.165, 1.54) is 10.5 Å². The van der Waals surface area contributed by atoms with Gasteiger partial charge < -0.3 is 10.1 Å². The van der Waals surface area contributed by atoms with Gasteiger partial charge in [-0.25, -0.2) is 0 Å². The number of aryl methyl sites for hydroxylation is 3. The van der Waals surface area contributed by atoms with Crippen LogP contribution in [0.5, 0.6) is 11.6 Å². The van der Waals surface area contributed by atoms with Gasteiger partial charge in [0.15, 0.2) is 0 Å². The number of nitrogens with zero attached hydrogens (tertiary/aromatic N) is 3. The molecule has 168 valence electrons. The average molecular weight is 443 g/mol. The zero-order chi connectivity index (χ0) is 23.5. The molecule has 33 heavy (non-hydrogen) atoms. The summed E-state index contributed by atoms with van der Waals surface area (Å²) in [7, 11) is 0. The summed E-state index contributed by atoms with van der Waals surface area (Å²) >= 11 is 0. The summed E-state index contributed by atoms with van der Waals surface area (Å²) in [5, 5.41) is 12.6. The normalized spacial score (nSPS) is 14.3. The molecule has 3 aromatic rings. The molecule has 0 unspecified atom stereocenters. The van der Waals surface area contributed by atoms with Gasteiger partial charge in [-0.15, -0.1) is 0 Å². The van der Waals surface area contributed by atoms with Crippen molar-refractivity contribution in [2.24, 2.45) is 0 Å². The van der Waals surface area contributed by atoms with Crippen molar-refractivity contribution in [3.63, 3.8) is 0 Å². The molecule has 4 rings (SSSR count). The van der Waals surface area contributed by atoms with Crippen molar-refractivity contribution >= 4 is 17.6 Å². The standard InChI is InChI=1S/C26H26N4O3/c1-16-10-11-22(18(3)13-16)33-25-21(26(32)30-12-6-7-17(2)23(30)29-25)14-19(15-27)24(31)28-20-8-4-5-9-20/h6-7,10-14,20H,4-5,8-9H2,1-3H3,(H,28,31). The lowest BCUT2D eigenvalue weighted by molar-refractivity contribution is -0.117. The number of nitrogens with one attached hydrogen (secondary N) is 1. The van der Waals surface area contributed by atoms with Crippen LogP contribution in [0.3, 0.4) is 0 Å². The number of amides is 1. The Morgan fingerprint density at radius 2 is 1.97 bits per heavy atom. The van der Waals surface area contributed by atoms with Crippen LogP contribution >= 0.6 is 0 Å². The van der Waals surface area contributed by atoms with E-state index in [1.807, 2.05) is 51.1 Å². The third kappa shape index (κ3) is 4.65. The molecule has 0 atom stereocenters. The number of benzene rings is 1. The van der Waals surface area contributed by atoms with E-state index in [2.05, 4.69) is 10.3 Å². The molecule has 0 saturated heterocycles. The molecule has 1 aliphatic rings. The number of nitriles is 1. The SMILES string of the molecule is Cc1ccc(Oc2nc3c(C)cccn3c(=O)c2C=C(C#N)C(=O)NC2CCCC2)c(C)c1. The predicted octanol–water partition coefficient (Wildman–Crippen LogP) is 4.38. The maximum Gasteiger partial charge on any atom is 0.269 e. The first-order chi connectivity index (χ1) is 15.9. The number of hydrogen-bond acceptors (Lipinski definition) is 5. The first kappa shape index (κ1) is 22.3. The van der Waals surface area contributed by atoms with E-state index in [0.29, 0.717) is 11.4 Å². The second-order valence-corrected chi connectivity index (χ2v) is 8.52. The van der Waals surface area contributed by atoms with Crippen LogP contribution < -0.4 is 15.6 Å². The van der Waals surface area contributed by atoms with Gasteiger partial charge in [-0.3, -0.25) is 14.0 Å². The fourth-order valence-electron chi connectivity index (χ4n) is 4.14. The predicted molar refractivity (Wildman–Crippen MR) is 126 cm³/mol. The lowest BCUT2D eigenvalue weighted by Crippen LogP contribution is -2.33. The Labute approximate surface area is 192 Å². The maximum atomic E-state index is 13.4. The zero-order valence-electron chi connectivity index (χ0n) is 19.0. The van der Waals surface area contributed by atoms with Crippen molar-refractivity contribution < 1.29 is 9.53 Å². The molecule has 1 amide bonds. The van der Waals surface area contributed by atoms with E-state index in [9.17, 15) is 14.9 Å². The molecule has 1 aliphatic carbocycles. The van der Waals surface area contributed by atoms with Crippen molar-refractivity contribution in [2.75, 3.05) is 0 Å². The lowest BCUT2D eigenvalue weighted by Gasteiger charge is -2.14. The molecule has 0 aliphatic heterocycles. The van der Waals surface area contributed by atoms with Crippen molar-refractivity contribution in [1.29, 1.82) is 5.26 Å². The molecular weight excluding hydrogens is 416 g/mol. The first-order valence-corrected chi connectivity index (χ1v) is 11.1. The van der Waals surface area contributed by atoms with Gasteiger partial charge in [0.1, 0.15) is 28.6 Å². The Balaban J connectivity index is 1.84. The Morgan fingerprint density at radius 3 is 2.67 bits per heavy atom. The minimum Gasteiger partial charge on any atom is -0.438 e. The minimum absolute atomic E-state index is 0.0520. The number of carbonyl (C=O) groups excluding carboxylic acids is 1. The molecule has 1 saturated carbocycles. The van der Waals surface area contributed by atoms with E-state index in [-0.39, 0.29) is 23.1 Å². The molecule has 1 N–H and O–H groups in total. The van der Waals surface area contributed by atoms with Gasteiger partial charge in [0.2, 0.25) is 5.88 Å². The van der Waals surface area contributed by atoms with E-state index >= 15 is 0 Å². The number of fused-ring (bicyclic) bond motifs is 1. The van der Waals surface area contributed by atoms with Gasteiger partial charge in [0.25, 0.3) is 11.5 Å². The Kier molecular flexibility index (Phi) is 6.27. The lowest BCUT2D eigenvalue weighted by atomic mass is 10.1. The van der Waals surface area contributed by atoms with Crippen LogP contribution in [0.4, 0.5) is 0 Å². The molecule has 2 heterocycles. The topological polar surface area (TPSA) is 96.5 Å². The third-order valence-electron chi connectivity index (χ3n) is 5.93. The van der Waals surface area contributed by atoms with E-state index in [0.717, 1.165) is 42.4 Å². The molecule has 1 fully saturated rings. The molecule has 0 spiro atoms. The van der Waals surface area contributed by atoms with Gasteiger partial charge in [0, 0.05) is 12.2 Å². The van der Waals surface area contributed by atoms with Crippen molar-refractivity contribution in [3.05, 3.63) is 74.7 Å². The summed E-state index contributed by atoms with van der Waals surface area (Å²) in [4.78, 5) is 30.8. The molecule has 1 aromatic carbocycles. The summed E-state index contributed by atoms with van der Waals surface area (Å²) in [5.74, 6) is 0.118. The molecule has 7 heteroatoms. The smallest absolute Gasteiger partial charge is 0.269 e. The van der Waals surface area contributed by atoms with Gasteiger partial charge in [-0.2, -0.15) is 10.2 Å². The van der Waals surface area contributed by atoms with E-state index < -0.39 is 11.5 Å². The molecule has 2 aromatic heterocycles. The van der Waals surface area contributed by atoms with E-state index in [1.54, 1.807) is 12.3 Å². The van der Waals surface area contributed by atoms with Crippen molar-refractivity contribution in [2.45, 2.75) is 52.5 Å². The molecule has 0 bridgehead atoms. The fourth-order valence-corrected chi connectivity index (χ4v) is 4.14. The highest BCUT2D eigenvalue weighted by Gasteiger charge is 2.22. The van der Waals surface area contributed by atoms with Crippen molar-refractivity contribution in [1.82, 2.24) is 14.7 Å². The number of carbonyl (C=O) groups is 1. The third-order valence-corrected chi connectivity index (χ3v) is 5.93. The number of aromatic nitrogens is 2. The highest BCUT2D eigenvalue weighted by Crippen LogP contribution is 2.28. The summed E-state index contributed by atoms with van der Waals surface area (Å²) in [6, 6.07) is 11.3. The van der Waals surface area contributed by atoms with Crippen LogP contribution in [0.15, 0.2) is 46.9 Å². The first-order valence-electron chi connectivity index (χ1n) is 11.1. The number of pyridine rings is 1. The summed E-state index contributed by atoms with van der Waals surface area (Å²) in [6.07, 6.45) is 6.79. The zero-order valence-corrected chi connectivity index (χ0v) is 19.0. The molecule has 0 radical (unpaired) electrons. The van der Waals surface area contributed by atoms with Gasteiger partial charge in [0.05, 0.1) is 0 Å². The Hall–Kier alpha value is -3.92. The van der Waals surface area contributed by atoms with Crippen LogP contribution in [0, 0.1) is 32.1 Å². The van der Waals surface area contributed by atoms with Crippen LogP contribution in [0.1, 0.15) is 47.9 Å². The van der Waals surface area contributed by atoms with E-state index in [4.69, 9.17) is 4.74 Å². The molecular formula is C26H26N4O3. The van der Waals surface area contributed by atoms with Gasteiger partial charge in [-0.1, -0.05) is 36.6 Å². The highest BCUT2D eigenvalue weighted by atomic mass is 16.5. The number of hydrogen-bond donors (Lipinski definition) is 1. The largest absolute Gasteiger partial charge is 0.438 e. The van der Waals surface area contributed by atoms with Gasteiger partial charge >= 0.3 is 0 Å². The van der Waals surface area contributed by atoms with Crippen LogP contribution in [0.2, 0.25) is 0 Å². The summed E-state index contributed by atoms with van der Waals surface area (Å²) in [5.41, 5.74) is 2.71. The monoisotopic (exact) mass is 442 g/mol. The summed E-state index contributed by atoms with van der Waals surface area (Å²) < 4.78 is 7.49. The number of rotatable bonds is 5. The van der Waals surface area contributed by atoms with Crippen LogP contribution in [0.25, 0.3) is 11.7 Å². The highest BCUT2D eigenvalue weighted by molar-refractivity contribution is 6.02. The second kappa shape index (κ2) is 9.29. The maximum absolute atomic E-state index is 13.4. The molecule has 7 nitrogen and oxygen atoms in total. The van der Waals surface area contributed by atoms with Crippen molar-refractivity contribution in [3.8, 4) is 17.7 Å². The number of ether oxygens (including phenoxy) is 1. The second-order valence-electron chi connectivity index (χ2n) is 8.52. The average Bonchev–Trinajstić information content (AvgIpc) is 3.29. The van der Waals surface area contributed by atoms with Crippen LogP contribution in [-0.4, -0.2) is 21.3 Å². The fraction of sp³-hybridized carbons (Fsp3) is 0.308. The quantitative estimate of drug-likeness (QED) is 0.467. The Bertz CT molecular complexity index is 1360. The van der Waals surface area contributed by atoms with Crippen LogP contribution in [-0.2, 0) is 4.79 Å². The minimum atomic E-state index is -0.490. The Morgan fingerprint density at radius 1 is 1.21 bits per heavy atom. The van der Waals surface area contributed by atoms with Gasteiger partial charge in [-0.05, 0) is 62.9 Å².